The van der Waals surface area contributed by atoms with E-state index in [0.717, 1.165) is 23.7 Å². The summed E-state index contributed by atoms with van der Waals surface area (Å²) in [5, 5.41) is 0. The highest BCUT2D eigenvalue weighted by atomic mass is 19.2. The van der Waals surface area contributed by atoms with Gasteiger partial charge in [0, 0.05) is 22.3 Å². The predicted molar refractivity (Wildman–Crippen MR) is 420 cm³/mol. The Labute approximate surface area is 628 Å². The number of halogens is 8. The first kappa shape index (κ1) is 82.5. The molecule has 4 saturated carbocycles. The summed E-state index contributed by atoms with van der Waals surface area (Å²) in [6.45, 7) is 17.3. The molecule has 4 aliphatic rings. The molecule has 12 rings (SSSR count). The molecule has 0 amide bonds. The fourth-order valence-electron chi connectivity index (χ4n) is 16.7. The molecule has 0 heterocycles. The number of ether oxygens (including phenoxy) is 4. The second-order valence-corrected chi connectivity index (χ2v) is 29.9. The molecule has 0 aromatic heterocycles. The average Bonchev–Trinajstić information content (AvgIpc) is 0.820. The largest absolute Gasteiger partial charge is 0.491 e. The number of unbranched alkanes of at least 4 members (excludes halogenated alkanes) is 3. The molecule has 0 unspecified atom stereocenters. The molecule has 0 spiro atoms. The normalized spacial score (nSPS) is 20.0. The quantitative estimate of drug-likeness (QED) is 0.0400. The van der Waals surface area contributed by atoms with Gasteiger partial charge in [0.25, 0.3) is 0 Å². The van der Waals surface area contributed by atoms with E-state index in [2.05, 4.69) is 76.2 Å². The number of rotatable bonds is 26. The standard InChI is InChI=1S/C25H32F2O.C24H30F2O.C23H28F2O.C22H26F2O/c1-3-5-6-7-18-8-10-19(11-9-18)20-12-14-21(15-13-20)22-16-17-23(28-4-2)25(27)24(22)26;1-3-5-6-17-7-9-18(10-8-17)19-11-13-20(14-12-19)21-15-16-22(27-4-2)24(26)23(21)25;1-3-5-16-6-8-17(9-7-16)18-10-12-19(13-11-18)20-14-15-21(26-4-2)23(25)22(20)24;1-3-15-5-7-16(8-6-15)17-9-11-18(12-10-17)19-13-14-20(25-4-2)22(24)21(19)23/h12-19H,3-11H2,1-2H3;11-18H,3-10H2,1-2H3;10-17H,3-9H2,1-2H3;9-16H,3-8H2,1-2H3. The highest BCUT2D eigenvalue weighted by molar-refractivity contribution is 5.69. The van der Waals surface area contributed by atoms with Gasteiger partial charge in [-0.25, -0.2) is 17.6 Å². The zero-order chi connectivity index (χ0) is 75.5. The Morgan fingerprint density at radius 3 is 0.698 bits per heavy atom. The van der Waals surface area contributed by atoms with Crippen LogP contribution >= 0.6 is 0 Å². The van der Waals surface area contributed by atoms with Gasteiger partial charge in [-0.1, -0.05) is 189 Å². The minimum Gasteiger partial charge on any atom is -0.491 e. The third-order valence-electron chi connectivity index (χ3n) is 23.0. The van der Waals surface area contributed by atoms with Gasteiger partial charge in [-0.2, -0.15) is 17.6 Å². The highest BCUT2D eigenvalue weighted by Gasteiger charge is 2.28. The molecular formula is C94H116F8O4. The van der Waals surface area contributed by atoms with Gasteiger partial charge in [0.2, 0.25) is 23.3 Å². The van der Waals surface area contributed by atoms with Crippen LogP contribution in [-0.2, 0) is 0 Å². The van der Waals surface area contributed by atoms with Crippen LogP contribution in [0.5, 0.6) is 23.0 Å². The molecule has 0 atom stereocenters. The van der Waals surface area contributed by atoms with Crippen molar-refractivity contribution in [2.75, 3.05) is 26.4 Å². The van der Waals surface area contributed by atoms with Crippen molar-refractivity contribution in [2.24, 2.45) is 23.7 Å². The van der Waals surface area contributed by atoms with Crippen LogP contribution in [0.3, 0.4) is 0 Å². The van der Waals surface area contributed by atoms with Crippen molar-refractivity contribution in [2.45, 2.75) is 246 Å². The molecule has 106 heavy (non-hydrogen) atoms. The van der Waals surface area contributed by atoms with Crippen LogP contribution in [0.4, 0.5) is 35.1 Å². The second kappa shape index (κ2) is 42.2. The minimum absolute atomic E-state index is 0.0314. The first-order valence-electron chi connectivity index (χ1n) is 40.4. The lowest BCUT2D eigenvalue weighted by atomic mass is 9.77. The molecule has 0 radical (unpaired) electrons. The maximum atomic E-state index is 14.4. The molecule has 4 nitrogen and oxygen atoms in total. The van der Waals surface area contributed by atoms with Gasteiger partial charge in [-0.3, -0.25) is 0 Å². The summed E-state index contributed by atoms with van der Waals surface area (Å²) in [6.07, 6.45) is 33.6. The third kappa shape index (κ3) is 22.3. The monoisotopic (exact) mass is 1460 g/mol. The Balaban J connectivity index is 0.000000164. The van der Waals surface area contributed by atoms with Crippen LogP contribution < -0.4 is 18.9 Å². The fourth-order valence-corrected chi connectivity index (χ4v) is 16.7. The molecule has 4 aliphatic carbocycles. The highest BCUT2D eigenvalue weighted by Crippen LogP contribution is 2.44. The van der Waals surface area contributed by atoms with Crippen molar-refractivity contribution in [3.63, 3.8) is 0 Å². The van der Waals surface area contributed by atoms with E-state index >= 15 is 0 Å². The maximum absolute atomic E-state index is 14.4. The lowest BCUT2D eigenvalue weighted by Crippen LogP contribution is -2.13. The summed E-state index contributed by atoms with van der Waals surface area (Å²) >= 11 is 0. The molecule has 12 heteroatoms. The van der Waals surface area contributed by atoms with Gasteiger partial charge >= 0.3 is 0 Å². The van der Waals surface area contributed by atoms with Gasteiger partial charge in [0.15, 0.2) is 46.3 Å². The van der Waals surface area contributed by atoms with Gasteiger partial charge in [-0.15, -0.1) is 0 Å². The smallest absolute Gasteiger partial charge is 0.201 e. The lowest BCUT2D eigenvalue weighted by Gasteiger charge is -2.29. The molecule has 0 N–H and O–H groups in total. The molecule has 4 fully saturated rings. The summed E-state index contributed by atoms with van der Waals surface area (Å²) in [5.74, 6) is -1.24. The van der Waals surface area contributed by atoms with E-state index < -0.39 is 46.5 Å². The van der Waals surface area contributed by atoms with Crippen molar-refractivity contribution < 1.29 is 54.1 Å². The van der Waals surface area contributed by atoms with E-state index in [1.165, 1.54) is 213 Å². The van der Waals surface area contributed by atoms with Gasteiger partial charge in [-0.05, 0) is 271 Å². The van der Waals surface area contributed by atoms with Crippen molar-refractivity contribution in [3.05, 3.63) is 214 Å². The Morgan fingerprint density at radius 2 is 0.472 bits per heavy atom. The molecule has 8 aromatic rings. The first-order chi connectivity index (χ1) is 51.5. The molecular weight excluding hydrogens is 1350 g/mol. The van der Waals surface area contributed by atoms with Crippen molar-refractivity contribution in [1.82, 2.24) is 0 Å². The van der Waals surface area contributed by atoms with Crippen LogP contribution in [0.2, 0.25) is 0 Å². The van der Waals surface area contributed by atoms with E-state index in [1.54, 1.807) is 52.0 Å². The van der Waals surface area contributed by atoms with Gasteiger partial charge < -0.3 is 18.9 Å². The van der Waals surface area contributed by atoms with Crippen molar-refractivity contribution in [3.8, 4) is 67.5 Å². The topological polar surface area (TPSA) is 36.9 Å². The summed E-state index contributed by atoms with van der Waals surface area (Å²) < 4.78 is 135. The van der Waals surface area contributed by atoms with Gasteiger partial charge in [0.1, 0.15) is 0 Å². The van der Waals surface area contributed by atoms with E-state index in [-0.39, 0.29) is 45.3 Å². The van der Waals surface area contributed by atoms with Crippen LogP contribution in [0.25, 0.3) is 44.5 Å². The van der Waals surface area contributed by atoms with Gasteiger partial charge in [0.05, 0.1) is 26.4 Å². The predicted octanol–water partition coefficient (Wildman–Crippen LogP) is 29.2. The fraction of sp³-hybridized carbons (Fsp3) is 0.489. The first-order valence-corrected chi connectivity index (χ1v) is 40.4. The van der Waals surface area contributed by atoms with E-state index in [0.29, 0.717) is 72.4 Å². The van der Waals surface area contributed by atoms with E-state index in [4.69, 9.17) is 18.9 Å². The van der Waals surface area contributed by atoms with Crippen molar-refractivity contribution >= 4 is 0 Å². The average molecular weight is 1460 g/mol. The molecule has 8 aromatic carbocycles. The Morgan fingerprint density at radius 1 is 0.236 bits per heavy atom. The third-order valence-corrected chi connectivity index (χ3v) is 23.0. The maximum Gasteiger partial charge on any atom is 0.201 e. The minimum atomic E-state index is -0.915. The number of hydrogen-bond acceptors (Lipinski definition) is 4. The second-order valence-electron chi connectivity index (χ2n) is 29.9. The summed E-state index contributed by atoms with van der Waals surface area (Å²) in [4.78, 5) is 0. The summed E-state index contributed by atoms with van der Waals surface area (Å²) in [5.41, 5.74) is 9.21. The number of hydrogen-bond donors (Lipinski definition) is 0. The summed E-state index contributed by atoms with van der Waals surface area (Å²) in [6, 6.07) is 44.3. The zero-order valence-electron chi connectivity index (χ0n) is 64.3. The van der Waals surface area contributed by atoms with Crippen LogP contribution in [-0.4, -0.2) is 26.4 Å². The molecule has 0 bridgehead atoms. The molecule has 572 valence electrons. The van der Waals surface area contributed by atoms with Crippen LogP contribution in [0.1, 0.15) is 268 Å². The van der Waals surface area contributed by atoms with E-state index in [9.17, 15) is 35.1 Å². The lowest BCUT2D eigenvalue weighted by molar-refractivity contribution is 0.303. The Kier molecular flexibility index (Phi) is 32.9. The zero-order valence-corrected chi connectivity index (χ0v) is 64.3. The molecule has 0 saturated heterocycles. The molecule has 0 aliphatic heterocycles. The summed E-state index contributed by atoms with van der Waals surface area (Å²) in [7, 11) is 0. The van der Waals surface area contributed by atoms with E-state index in [1.807, 2.05) is 48.5 Å². The Bertz CT molecular complexity index is 3920. The van der Waals surface area contributed by atoms with Crippen LogP contribution in [0, 0.1) is 70.2 Å². The number of benzene rings is 8. The Hall–Kier alpha value is -7.60. The van der Waals surface area contributed by atoms with Crippen molar-refractivity contribution in [1.29, 1.82) is 0 Å². The van der Waals surface area contributed by atoms with Crippen LogP contribution in [0.15, 0.2) is 146 Å². The SMILES string of the molecule is CCCC1CCC(c2ccc(-c3ccc(OCC)c(F)c3F)cc2)CC1.CCCCC1CCC(c2ccc(-c3ccc(OCC)c(F)c3F)cc2)CC1.CCCCCC1CCC(c2ccc(-c3ccc(OCC)c(F)c3F)cc2)CC1.CCOc1ccc(-c2ccc(C3CCC(CC)CC3)cc2)c(F)c1F.